The van der Waals surface area contributed by atoms with Gasteiger partial charge in [-0.15, -0.1) is 0 Å². The van der Waals surface area contributed by atoms with Crippen molar-refractivity contribution >= 4 is 25.3 Å². The van der Waals surface area contributed by atoms with Gasteiger partial charge in [0.25, 0.3) is 0 Å². The summed E-state index contributed by atoms with van der Waals surface area (Å²) in [6.45, 7) is 8.53. The summed E-state index contributed by atoms with van der Waals surface area (Å²) in [6.07, 6.45) is 2.70. The molecule has 0 amide bonds. The number of ketones is 2. The minimum Gasteiger partial charge on any atom is -0.462 e. The quantitative estimate of drug-likeness (QED) is 0.203. The summed E-state index contributed by atoms with van der Waals surface area (Å²) in [7, 11) is -1.37. The average molecular weight is 678 g/mol. The molecule has 4 unspecified atom stereocenters. The standard InChI is InChI=1S/C34H52N3O9P/c1-23(2)46-32(40)29(18-26-10-8-7-9-11-26)35-47(41,44-21-33(19-42-5)30(38)27-12-14-36(33)24(3)16-27)45-22-34(20-43-6)31(39)28-13-15-37(34)25(4)17-28/h7-11,23-25,27-29H,12-22H2,1-6H3,(H,35,41)/t24-,25-,27+,28?,29-,33+,34+,47?/m0/s1. The number of fused-ring (bicyclic) bond motifs is 6. The van der Waals surface area contributed by atoms with Crippen molar-refractivity contribution in [2.75, 3.05) is 53.7 Å². The molecule has 47 heavy (non-hydrogen) atoms. The Bertz CT molecular complexity index is 1270. The van der Waals surface area contributed by atoms with Crippen molar-refractivity contribution in [1.29, 1.82) is 0 Å². The lowest BCUT2D eigenvalue weighted by atomic mass is 9.71. The Morgan fingerprint density at radius 1 is 0.872 bits per heavy atom. The largest absolute Gasteiger partial charge is 0.462 e. The molecule has 10 atom stereocenters. The van der Waals surface area contributed by atoms with Crippen molar-refractivity contribution in [2.24, 2.45) is 11.8 Å². The van der Waals surface area contributed by atoms with E-state index in [1.54, 1.807) is 13.8 Å². The fourth-order valence-corrected chi connectivity index (χ4v) is 9.91. The molecule has 6 aliphatic rings. The minimum absolute atomic E-state index is 0.00846. The van der Waals surface area contributed by atoms with Gasteiger partial charge in [-0.25, -0.2) is 9.65 Å². The third-order valence-electron chi connectivity index (χ3n) is 10.5. The molecule has 0 saturated carbocycles. The molecule has 6 saturated heterocycles. The second-order valence-electron chi connectivity index (χ2n) is 14.1. The summed E-state index contributed by atoms with van der Waals surface area (Å²) in [5.41, 5.74) is -1.54. The first-order valence-corrected chi connectivity index (χ1v) is 18.4. The highest BCUT2D eigenvalue weighted by molar-refractivity contribution is 7.51. The number of hydrogen-bond donors (Lipinski definition) is 1. The molecule has 1 N–H and O–H groups in total. The highest BCUT2D eigenvalue weighted by atomic mass is 31.2. The van der Waals surface area contributed by atoms with Crippen LogP contribution in [-0.2, 0) is 48.6 Å². The maximum absolute atomic E-state index is 15.1. The number of hydrogen-bond acceptors (Lipinski definition) is 11. The van der Waals surface area contributed by atoms with E-state index < -0.39 is 36.9 Å². The molecule has 7 rings (SSSR count). The monoisotopic (exact) mass is 677 g/mol. The second kappa shape index (κ2) is 14.8. The Morgan fingerprint density at radius 3 is 1.79 bits per heavy atom. The van der Waals surface area contributed by atoms with Gasteiger partial charge in [0.1, 0.15) is 17.1 Å². The Kier molecular flexibility index (Phi) is 11.5. The van der Waals surface area contributed by atoms with Gasteiger partial charge in [0, 0.05) is 51.2 Å². The van der Waals surface area contributed by atoms with Crippen LogP contribution in [0.25, 0.3) is 0 Å². The highest BCUT2D eigenvalue weighted by Crippen LogP contribution is 2.50. The van der Waals surface area contributed by atoms with Gasteiger partial charge in [0.15, 0.2) is 11.6 Å². The molecule has 0 spiro atoms. The van der Waals surface area contributed by atoms with Crippen LogP contribution < -0.4 is 5.09 Å². The van der Waals surface area contributed by atoms with E-state index in [1.807, 2.05) is 30.3 Å². The number of piperidine rings is 6. The Morgan fingerprint density at radius 2 is 1.36 bits per heavy atom. The molecule has 1 aromatic carbocycles. The lowest BCUT2D eigenvalue weighted by molar-refractivity contribution is -0.165. The van der Waals surface area contributed by atoms with Gasteiger partial charge in [-0.05, 0) is 65.4 Å². The summed E-state index contributed by atoms with van der Waals surface area (Å²) in [4.78, 5) is 45.4. The summed E-state index contributed by atoms with van der Waals surface area (Å²) in [5, 5.41) is 2.92. The van der Waals surface area contributed by atoms with Gasteiger partial charge in [-0.3, -0.25) is 33.2 Å². The van der Waals surface area contributed by atoms with Crippen molar-refractivity contribution in [3.05, 3.63) is 35.9 Å². The molecule has 6 heterocycles. The van der Waals surface area contributed by atoms with E-state index in [0.29, 0.717) is 13.1 Å². The lowest BCUT2D eigenvalue weighted by Gasteiger charge is -2.56. The van der Waals surface area contributed by atoms with Crippen LogP contribution in [0, 0.1) is 11.8 Å². The van der Waals surface area contributed by atoms with E-state index in [9.17, 15) is 14.4 Å². The maximum Gasteiger partial charge on any atom is 0.406 e. The normalized spacial score (nSPS) is 35.2. The minimum atomic E-state index is -4.43. The van der Waals surface area contributed by atoms with Crippen molar-refractivity contribution in [1.82, 2.24) is 14.9 Å². The van der Waals surface area contributed by atoms with Crippen LogP contribution in [0.5, 0.6) is 0 Å². The van der Waals surface area contributed by atoms with E-state index in [0.717, 1.165) is 31.2 Å². The van der Waals surface area contributed by atoms with Crippen molar-refractivity contribution in [3.8, 4) is 0 Å². The molecule has 1 aromatic rings. The Hall–Kier alpha value is -2.02. The van der Waals surface area contributed by atoms with E-state index in [-0.39, 0.29) is 68.3 Å². The van der Waals surface area contributed by atoms with Gasteiger partial charge >= 0.3 is 13.7 Å². The Balaban J connectivity index is 1.48. The molecule has 0 radical (unpaired) electrons. The van der Waals surface area contributed by atoms with Crippen molar-refractivity contribution in [3.63, 3.8) is 0 Å². The van der Waals surface area contributed by atoms with Gasteiger partial charge in [-0.1, -0.05) is 30.3 Å². The molecule has 0 aromatic heterocycles. The summed E-state index contributed by atoms with van der Waals surface area (Å²) in [5.74, 6) is -0.936. The van der Waals surface area contributed by atoms with Crippen molar-refractivity contribution < 1.29 is 42.2 Å². The number of esters is 1. The summed E-state index contributed by atoms with van der Waals surface area (Å²) >= 11 is 0. The molecule has 6 fully saturated rings. The SMILES string of the molecule is COC[C@@]1(COP(=O)(N[C@@H](Cc2ccccc2)C(=O)OC(C)C)OC[C@]2(COC)C(=O)[C@@H]3CCN2[C@@H](C)C3)C(=O)C2CCN1[C@@H](C)C2. The first-order valence-electron chi connectivity index (χ1n) is 16.9. The van der Waals surface area contributed by atoms with Crippen LogP contribution in [-0.4, -0.2) is 116 Å². The number of nitrogens with zero attached hydrogens (tertiary/aromatic N) is 2. The third-order valence-corrected chi connectivity index (χ3v) is 12.0. The molecular formula is C34H52N3O9P. The summed E-state index contributed by atoms with van der Waals surface area (Å²) < 4.78 is 44.4. The number of carbonyl (C=O) groups excluding carboxylic acids is 3. The molecule has 13 heteroatoms. The molecule has 12 nitrogen and oxygen atoms in total. The summed E-state index contributed by atoms with van der Waals surface area (Å²) in [6, 6.07) is 8.39. The zero-order valence-corrected chi connectivity index (χ0v) is 29.5. The topological polar surface area (TPSA) is 133 Å². The zero-order valence-electron chi connectivity index (χ0n) is 28.6. The predicted octanol–water partition coefficient (Wildman–Crippen LogP) is 3.42. The predicted molar refractivity (Wildman–Crippen MR) is 175 cm³/mol. The van der Waals surface area contributed by atoms with Crippen LogP contribution >= 0.6 is 7.75 Å². The average Bonchev–Trinajstić information content (AvgIpc) is 3.03. The van der Waals surface area contributed by atoms with Crippen LogP contribution in [0.3, 0.4) is 0 Å². The third kappa shape index (κ3) is 7.31. The van der Waals surface area contributed by atoms with Gasteiger partial charge < -0.3 is 14.2 Å². The van der Waals surface area contributed by atoms with E-state index >= 15 is 4.57 Å². The van der Waals surface area contributed by atoms with E-state index in [4.69, 9.17) is 23.3 Å². The maximum atomic E-state index is 15.1. The number of Topliss-reactive ketones (excluding diaryl/α,β-unsaturated/α-hetero) is 2. The number of nitrogens with one attached hydrogen (secondary N) is 1. The number of ether oxygens (including phenoxy) is 3. The molecule has 262 valence electrons. The molecular weight excluding hydrogens is 625 g/mol. The smallest absolute Gasteiger partial charge is 0.406 e. The van der Waals surface area contributed by atoms with Gasteiger partial charge in [0.2, 0.25) is 0 Å². The van der Waals surface area contributed by atoms with Crippen LogP contribution in [0.2, 0.25) is 0 Å². The van der Waals surface area contributed by atoms with E-state index in [1.165, 1.54) is 14.2 Å². The van der Waals surface area contributed by atoms with Crippen LogP contribution in [0.4, 0.5) is 0 Å². The van der Waals surface area contributed by atoms with Gasteiger partial charge in [-0.2, -0.15) is 0 Å². The number of rotatable bonds is 16. The number of methoxy groups -OCH3 is 2. The fraction of sp³-hybridized carbons (Fsp3) is 0.735. The molecule has 0 aliphatic carbocycles. The van der Waals surface area contributed by atoms with E-state index in [2.05, 4.69) is 28.7 Å². The lowest BCUT2D eigenvalue weighted by Crippen LogP contribution is -2.72. The van der Waals surface area contributed by atoms with Gasteiger partial charge in [0.05, 0.1) is 32.5 Å². The molecule has 6 aliphatic heterocycles. The zero-order chi connectivity index (χ0) is 34.0. The highest BCUT2D eigenvalue weighted by Gasteiger charge is 2.59. The Labute approximate surface area is 278 Å². The first-order chi connectivity index (χ1) is 22.4. The molecule has 4 bridgehead atoms. The number of carbonyl (C=O) groups is 3. The van der Waals surface area contributed by atoms with Crippen LogP contribution in [0.1, 0.15) is 58.9 Å². The second-order valence-corrected chi connectivity index (χ2v) is 15.9. The van der Waals surface area contributed by atoms with Crippen molar-refractivity contribution in [2.45, 2.75) is 95.1 Å². The fourth-order valence-electron chi connectivity index (χ4n) is 8.34. The number of benzene rings is 1. The van der Waals surface area contributed by atoms with Crippen LogP contribution in [0.15, 0.2) is 30.3 Å². The first kappa shape index (κ1) is 36.3.